The summed E-state index contributed by atoms with van der Waals surface area (Å²) in [5.74, 6) is -1.22. The minimum Gasteiger partial charge on any atom is -0.481 e. The summed E-state index contributed by atoms with van der Waals surface area (Å²) in [5.41, 5.74) is -0.110. The molecule has 0 radical (unpaired) electrons. The standard InChI is InChI=1S/C18H30N2O4/c1-12-8-13(17(23)24)11-19(10-12)16(22)14-6-5-7-20(14)15(21)9-18(2,3)4/h12-14H,5-11H2,1-4H3,(H,23,24). The average molecular weight is 338 g/mol. The van der Waals surface area contributed by atoms with Crippen molar-refractivity contribution >= 4 is 17.8 Å². The fourth-order valence-electron chi connectivity index (χ4n) is 3.80. The molecule has 24 heavy (non-hydrogen) atoms. The lowest BCUT2D eigenvalue weighted by atomic mass is 9.90. The SMILES string of the molecule is CC1CC(C(=O)O)CN(C(=O)C2CCCN2C(=O)CC(C)(C)C)C1. The minimum absolute atomic E-state index is 0.0261. The first-order valence-corrected chi connectivity index (χ1v) is 8.89. The van der Waals surface area contributed by atoms with Gasteiger partial charge in [-0.3, -0.25) is 14.4 Å². The van der Waals surface area contributed by atoms with Crippen molar-refractivity contribution in [3.8, 4) is 0 Å². The first-order valence-electron chi connectivity index (χ1n) is 8.89. The molecule has 6 nitrogen and oxygen atoms in total. The van der Waals surface area contributed by atoms with Gasteiger partial charge in [-0.25, -0.2) is 0 Å². The molecule has 1 N–H and O–H groups in total. The third-order valence-electron chi connectivity index (χ3n) is 4.86. The van der Waals surface area contributed by atoms with E-state index in [1.165, 1.54) is 0 Å². The smallest absolute Gasteiger partial charge is 0.308 e. The van der Waals surface area contributed by atoms with Crippen molar-refractivity contribution in [1.82, 2.24) is 9.80 Å². The highest BCUT2D eigenvalue weighted by atomic mass is 16.4. The summed E-state index contributed by atoms with van der Waals surface area (Å²) < 4.78 is 0. The molecule has 0 aromatic carbocycles. The molecule has 3 atom stereocenters. The van der Waals surface area contributed by atoms with Gasteiger partial charge in [0.05, 0.1) is 5.92 Å². The van der Waals surface area contributed by atoms with Crippen LogP contribution in [0.3, 0.4) is 0 Å². The van der Waals surface area contributed by atoms with Crippen molar-refractivity contribution in [2.45, 2.75) is 59.4 Å². The van der Waals surface area contributed by atoms with Crippen LogP contribution in [-0.2, 0) is 14.4 Å². The maximum atomic E-state index is 12.9. The van der Waals surface area contributed by atoms with E-state index in [0.29, 0.717) is 32.4 Å². The van der Waals surface area contributed by atoms with Gasteiger partial charge in [-0.15, -0.1) is 0 Å². The predicted octanol–water partition coefficient (Wildman–Crippen LogP) is 1.98. The molecule has 2 amide bonds. The van der Waals surface area contributed by atoms with Crippen LogP contribution in [0.4, 0.5) is 0 Å². The van der Waals surface area contributed by atoms with Crippen molar-refractivity contribution < 1.29 is 19.5 Å². The van der Waals surface area contributed by atoms with Crippen molar-refractivity contribution in [3.05, 3.63) is 0 Å². The minimum atomic E-state index is -0.841. The van der Waals surface area contributed by atoms with E-state index in [1.807, 2.05) is 27.7 Å². The molecule has 0 bridgehead atoms. The summed E-state index contributed by atoms with van der Waals surface area (Å²) in [6, 6.07) is -0.417. The van der Waals surface area contributed by atoms with Crippen LogP contribution in [0.2, 0.25) is 0 Å². The van der Waals surface area contributed by atoms with Gasteiger partial charge < -0.3 is 14.9 Å². The maximum Gasteiger partial charge on any atom is 0.308 e. The summed E-state index contributed by atoms with van der Waals surface area (Å²) in [6.07, 6.45) is 2.54. The van der Waals surface area contributed by atoms with Crippen LogP contribution in [0.15, 0.2) is 0 Å². The lowest BCUT2D eigenvalue weighted by Crippen LogP contribution is -2.53. The van der Waals surface area contributed by atoms with Crippen molar-refractivity contribution in [2.75, 3.05) is 19.6 Å². The molecule has 6 heteroatoms. The Morgan fingerprint density at radius 3 is 2.42 bits per heavy atom. The highest BCUT2D eigenvalue weighted by Crippen LogP contribution is 2.28. The van der Waals surface area contributed by atoms with Crippen LogP contribution >= 0.6 is 0 Å². The molecular formula is C18H30N2O4. The Morgan fingerprint density at radius 2 is 1.83 bits per heavy atom. The molecule has 0 aliphatic carbocycles. The number of carboxylic acid groups (broad SMARTS) is 1. The average Bonchev–Trinajstić information content (AvgIpc) is 2.93. The number of amides is 2. The van der Waals surface area contributed by atoms with Gasteiger partial charge in [0.15, 0.2) is 0 Å². The van der Waals surface area contributed by atoms with E-state index in [0.717, 1.165) is 6.42 Å². The Kier molecular flexibility index (Phi) is 5.56. The van der Waals surface area contributed by atoms with Gasteiger partial charge in [0.1, 0.15) is 6.04 Å². The van der Waals surface area contributed by atoms with E-state index in [9.17, 15) is 19.5 Å². The Labute approximate surface area is 144 Å². The number of hydrogen-bond donors (Lipinski definition) is 1. The number of carboxylic acids is 1. The van der Waals surface area contributed by atoms with Crippen molar-refractivity contribution in [3.63, 3.8) is 0 Å². The monoisotopic (exact) mass is 338 g/mol. The quantitative estimate of drug-likeness (QED) is 0.853. The van der Waals surface area contributed by atoms with E-state index in [4.69, 9.17) is 0 Å². The van der Waals surface area contributed by atoms with Crippen molar-refractivity contribution in [1.29, 1.82) is 0 Å². The van der Waals surface area contributed by atoms with Crippen molar-refractivity contribution in [2.24, 2.45) is 17.3 Å². The van der Waals surface area contributed by atoms with Gasteiger partial charge in [-0.2, -0.15) is 0 Å². The summed E-state index contributed by atoms with van der Waals surface area (Å²) >= 11 is 0. The second-order valence-electron chi connectivity index (χ2n) is 8.60. The number of rotatable bonds is 3. The zero-order valence-corrected chi connectivity index (χ0v) is 15.2. The van der Waals surface area contributed by atoms with E-state index in [1.54, 1.807) is 9.80 Å². The summed E-state index contributed by atoms with van der Waals surface area (Å²) in [4.78, 5) is 40.2. The second-order valence-corrected chi connectivity index (χ2v) is 8.60. The Morgan fingerprint density at radius 1 is 1.17 bits per heavy atom. The van der Waals surface area contributed by atoms with E-state index >= 15 is 0 Å². The molecule has 2 rings (SSSR count). The van der Waals surface area contributed by atoms with Crippen LogP contribution in [0.1, 0.15) is 53.4 Å². The fourth-order valence-corrected chi connectivity index (χ4v) is 3.80. The number of hydrogen-bond acceptors (Lipinski definition) is 3. The Bertz CT molecular complexity index is 512. The Hall–Kier alpha value is -1.59. The second kappa shape index (κ2) is 7.11. The zero-order valence-electron chi connectivity index (χ0n) is 15.2. The molecule has 2 fully saturated rings. The number of carbonyl (C=O) groups excluding carboxylic acids is 2. The molecule has 2 saturated heterocycles. The molecule has 136 valence electrons. The summed E-state index contributed by atoms with van der Waals surface area (Å²) in [7, 11) is 0. The number of piperidine rings is 1. The van der Waals surface area contributed by atoms with Gasteiger partial charge >= 0.3 is 5.97 Å². The van der Waals surface area contributed by atoms with Gasteiger partial charge in [-0.1, -0.05) is 27.7 Å². The fraction of sp³-hybridized carbons (Fsp3) is 0.833. The molecule has 0 aromatic rings. The van der Waals surface area contributed by atoms with Crippen LogP contribution in [0.5, 0.6) is 0 Å². The highest BCUT2D eigenvalue weighted by Gasteiger charge is 2.40. The van der Waals surface area contributed by atoms with Crippen LogP contribution in [0, 0.1) is 17.3 Å². The van der Waals surface area contributed by atoms with E-state index < -0.39 is 17.9 Å². The molecule has 0 saturated carbocycles. The van der Waals surface area contributed by atoms with Crippen LogP contribution in [0.25, 0.3) is 0 Å². The number of likely N-dealkylation sites (tertiary alicyclic amines) is 2. The molecular weight excluding hydrogens is 308 g/mol. The number of nitrogens with zero attached hydrogens (tertiary/aromatic N) is 2. The Balaban J connectivity index is 2.07. The number of aliphatic carboxylic acids is 1. The molecule has 0 spiro atoms. The lowest BCUT2D eigenvalue weighted by molar-refractivity contribution is -0.151. The first kappa shape index (κ1) is 18.7. The molecule has 2 heterocycles. The predicted molar refractivity (Wildman–Crippen MR) is 90.3 cm³/mol. The third kappa shape index (κ3) is 4.48. The van der Waals surface area contributed by atoms with E-state index in [-0.39, 0.29) is 29.7 Å². The molecule has 2 aliphatic rings. The highest BCUT2D eigenvalue weighted by molar-refractivity contribution is 5.89. The largest absolute Gasteiger partial charge is 0.481 e. The number of carbonyl (C=O) groups is 3. The third-order valence-corrected chi connectivity index (χ3v) is 4.86. The van der Waals surface area contributed by atoms with Gasteiger partial charge in [-0.05, 0) is 30.6 Å². The van der Waals surface area contributed by atoms with Gasteiger partial charge in [0.2, 0.25) is 11.8 Å². The molecule has 2 aliphatic heterocycles. The first-order chi connectivity index (χ1) is 11.1. The summed E-state index contributed by atoms with van der Waals surface area (Å²) in [5, 5.41) is 9.29. The van der Waals surface area contributed by atoms with Gasteiger partial charge in [0.25, 0.3) is 0 Å². The van der Waals surface area contributed by atoms with Crippen LogP contribution in [-0.4, -0.2) is 58.4 Å². The normalized spacial score (nSPS) is 28.1. The van der Waals surface area contributed by atoms with Gasteiger partial charge in [0, 0.05) is 26.1 Å². The van der Waals surface area contributed by atoms with E-state index in [2.05, 4.69) is 0 Å². The summed E-state index contributed by atoms with van der Waals surface area (Å²) in [6.45, 7) is 9.49. The topological polar surface area (TPSA) is 77.9 Å². The maximum absolute atomic E-state index is 12.9. The molecule has 0 aromatic heterocycles. The molecule has 3 unspecified atom stereocenters. The van der Waals surface area contributed by atoms with Crippen LogP contribution < -0.4 is 0 Å². The lowest BCUT2D eigenvalue weighted by Gasteiger charge is -2.38. The zero-order chi connectivity index (χ0) is 18.1.